The van der Waals surface area contributed by atoms with Crippen LogP contribution in [0.1, 0.15) is 5.69 Å². The predicted octanol–water partition coefficient (Wildman–Crippen LogP) is -1.06. The molecule has 0 unspecified atom stereocenters. The lowest BCUT2D eigenvalue weighted by molar-refractivity contribution is -0.160. The van der Waals surface area contributed by atoms with E-state index in [0.29, 0.717) is 10.8 Å². The Labute approximate surface area is 80.7 Å². The maximum Gasteiger partial charge on any atom is 0.260 e. The van der Waals surface area contributed by atoms with Gasteiger partial charge in [-0.05, 0) is 12.0 Å². The first-order valence-corrected chi connectivity index (χ1v) is 3.92. The van der Waals surface area contributed by atoms with E-state index in [0.717, 1.165) is 0 Å². The number of nitrogens with zero attached hydrogens (tertiary/aromatic N) is 2. The van der Waals surface area contributed by atoms with Crippen molar-refractivity contribution in [3.8, 4) is 11.8 Å². The Balaban J connectivity index is 2.44. The van der Waals surface area contributed by atoms with Crippen LogP contribution >= 0.6 is 0 Å². The smallest absolute Gasteiger partial charge is 0.260 e. The molecule has 14 heavy (non-hydrogen) atoms. The van der Waals surface area contributed by atoms with Crippen LogP contribution in [-0.4, -0.2) is 39.5 Å². The molecule has 0 radical (unpaired) electrons. The van der Waals surface area contributed by atoms with Crippen molar-refractivity contribution >= 4 is 5.91 Å². The number of aromatic nitrogens is 2. The molecule has 0 aliphatic carbocycles. The van der Waals surface area contributed by atoms with E-state index in [1.54, 1.807) is 12.3 Å². The normalized spacial score (nSPS) is 9.00. The molecule has 1 amide bonds. The van der Waals surface area contributed by atoms with Gasteiger partial charge in [-0.15, -0.1) is 0 Å². The fraction of sp³-hybridized carbons (Fsp3) is 0.250. The highest BCUT2D eigenvalue weighted by Crippen LogP contribution is 1.86. The average Bonchev–Trinajstić information content (AvgIpc) is 2.69. The number of carbonyl (C=O) groups excluding carboxylic acids is 1. The van der Waals surface area contributed by atoms with Gasteiger partial charge in [-0.2, -0.15) is 5.10 Å². The molecule has 0 fully saturated rings. The molecule has 6 nitrogen and oxygen atoms in total. The van der Waals surface area contributed by atoms with Crippen LogP contribution in [0, 0.1) is 11.8 Å². The van der Waals surface area contributed by atoms with Gasteiger partial charge in [0.1, 0.15) is 12.2 Å². The second-order valence-corrected chi connectivity index (χ2v) is 2.42. The maximum atomic E-state index is 10.8. The molecule has 1 aromatic rings. The Morgan fingerprint density at radius 2 is 2.57 bits per heavy atom. The van der Waals surface area contributed by atoms with E-state index in [-0.39, 0.29) is 13.1 Å². The van der Waals surface area contributed by atoms with E-state index in [2.05, 4.69) is 22.0 Å². The summed E-state index contributed by atoms with van der Waals surface area (Å²) in [5, 5.41) is 15.8. The first-order chi connectivity index (χ1) is 6.74. The van der Waals surface area contributed by atoms with E-state index >= 15 is 0 Å². The number of carbonyl (C=O) groups is 1. The number of hydroxylamine groups is 2. The van der Waals surface area contributed by atoms with Crippen LogP contribution < -0.4 is 5.73 Å². The summed E-state index contributed by atoms with van der Waals surface area (Å²) >= 11 is 0. The summed E-state index contributed by atoms with van der Waals surface area (Å²) in [4.78, 5) is 10.8. The number of nitrogens with one attached hydrogen (secondary N) is 1. The van der Waals surface area contributed by atoms with Crippen molar-refractivity contribution < 1.29 is 10.0 Å². The molecule has 1 heterocycles. The quantitative estimate of drug-likeness (QED) is 0.317. The van der Waals surface area contributed by atoms with Crippen molar-refractivity contribution in [1.29, 1.82) is 0 Å². The third-order valence-corrected chi connectivity index (χ3v) is 1.41. The largest absolute Gasteiger partial charge is 0.322 e. The Hall–Kier alpha value is -1.84. The number of H-pyrrole nitrogens is 1. The number of rotatable bonds is 2. The van der Waals surface area contributed by atoms with Crippen LogP contribution in [0.5, 0.6) is 0 Å². The maximum absolute atomic E-state index is 10.8. The number of aromatic amines is 1. The molecule has 0 saturated carbocycles. The van der Waals surface area contributed by atoms with Crippen LogP contribution in [-0.2, 0) is 4.79 Å². The van der Waals surface area contributed by atoms with Crippen molar-refractivity contribution in [3.05, 3.63) is 18.0 Å². The van der Waals surface area contributed by atoms with Gasteiger partial charge in [0.2, 0.25) is 0 Å². The fourth-order valence-corrected chi connectivity index (χ4v) is 0.728. The summed E-state index contributed by atoms with van der Waals surface area (Å²) in [6, 6.07) is 1.68. The molecule has 74 valence electrons. The summed E-state index contributed by atoms with van der Waals surface area (Å²) in [6.07, 6.45) is 1.63. The van der Waals surface area contributed by atoms with E-state index in [4.69, 9.17) is 10.9 Å². The minimum atomic E-state index is -0.568. The zero-order chi connectivity index (χ0) is 10.4. The minimum Gasteiger partial charge on any atom is -0.322 e. The lowest BCUT2D eigenvalue weighted by Gasteiger charge is -2.08. The zero-order valence-corrected chi connectivity index (χ0v) is 7.40. The molecular formula is C8H10N4O2. The number of nitrogens with two attached hydrogens (primary N) is 1. The predicted molar refractivity (Wildman–Crippen MR) is 48.0 cm³/mol. The van der Waals surface area contributed by atoms with Crippen molar-refractivity contribution in [1.82, 2.24) is 15.3 Å². The van der Waals surface area contributed by atoms with Crippen LogP contribution in [0.3, 0.4) is 0 Å². The lowest BCUT2D eigenvalue weighted by atomic mass is 10.4. The second-order valence-electron chi connectivity index (χ2n) is 2.42. The topological polar surface area (TPSA) is 95.2 Å². The van der Waals surface area contributed by atoms with Gasteiger partial charge in [-0.3, -0.25) is 15.1 Å². The van der Waals surface area contributed by atoms with E-state index < -0.39 is 5.91 Å². The Morgan fingerprint density at radius 3 is 3.14 bits per heavy atom. The highest BCUT2D eigenvalue weighted by molar-refractivity contribution is 5.76. The lowest BCUT2D eigenvalue weighted by Crippen LogP contribution is -2.33. The Kier molecular flexibility index (Phi) is 3.67. The SMILES string of the molecule is NCC(=O)N(O)CC#Cc1cc[nH]n1. The zero-order valence-electron chi connectivity index (χ0n) is 7.40. The molecule has 0 saturated heterocycles. The summed E-state index contributed by atoms with van der Waals surface area (Å²) in [6.45, 7) is -0.316. The van der Waals surface area contributed by atoms with Gasteiger partial charge in [0.05, 0.1) is 6.54 Å². The van der Waals surface area contributed by atoms with Gasteiger partial charge in [0.15, 0.2) is 0 Å². The molecular weight excluding hydrogens is 184 g/mol. The van der Waals surface area contributed by atoms with E-state index in [1.165, 1.54) is 0 Å². The molecule has 0 aliphatic rings. The first-order valence-electron chi connectivity index (χ1n) is 3.92. The van der Waals surface area contributed by atoms with Gasteiger partial charge in [-0.1, -0.05) is 5.92 Å². The number of hydrogen-bond donors (Lipinski definition) is 3. The van der Waals surface area contributed by atoms with Gasteiger partial charge < -0.3 is 5.73 Å². The summed E-state index contributed by atoms with van der Waals surface area (Å²) in [5.74, 6) is 4.65. The van der Waals surface area contributed by atoms with Gasteiger partial charge in [0, 0.05) is 6.20 Å². The van der Waals surface area contributed by atoms with E-state index in [1.807, 2.05) is 0 Å². The Bertz CT molecular complexity index is 349. The summed E-state index contributed by atoms with van der Waals surface area (Å²) in [7, 11) is 0. The minimum absolute atomic E-state index is 0.0805. The average molecular weight is 194 g/mol. The van der Waals surface area contributed by atoms with Crippen LogP contribution in [0.15, 0.2) is 12.3 Å². The van der Waals surface area contributed by atoms with Crippen LogP contribution in [0.25, 0.3) is 0 Å². The third kappa shape index (κ3) is 2.90. The summed E-state index contributed by atoms with van der Waals surface area (Å²) in [5.41, 5.74) is 5.58. The van der Waals surface area contributed by atoms with Gasteiger partial charge >= 0.3 is 0 Å². The van der Waals surface area contributed by atoms with Crippen molar-refractivity contribution in [3.63, 3.8) is 0 Å². The Morgan fingerprint density at radius 1 is 1.79 bits per heavy atom. The monoisotopic (exact) mass is 194 g/mol. The van der Waals surface area contributed by atoms with Crippen molar-refractivity contribution in [2.45, 2.75) is 0 Å². The number of hydrogen-bond acceptors (Lipinski definition) is 4. The van der Waals surface area contributed by atoms with Crippen LogP contribution in [0.2, 0.25) is 0 Å². The van der Waals surface area contributed by atoms with E-state index in [9.17, 15) is 4.79 Å². The third-order valence-electron chi connectivity index (χ3n) is 1.41. The molecule has 1 rings (SSSR count). The molecule has 0 atom stereocenters. The molecule has 0 aliphatic heterocycles. The van der Waals surface area contributed by atoms with Crippen molar-refractivity contribution in [2.75, 3.05) is 13.1 Å². The molecule has 4 N–H and O–H groups in total. The second kappa shape index (κ2) is 5.01. The molecule has 1 aromatic heterocycles. The molecule has 0 bridgehead atoms. The van der Waals surface area contributed by atoms with Gasteiger partial charge in [-0.25, -0.2) is 5.06 Å². The first kappa shape index (κ1) is 10.2. The van der Waals surface area contributed by atoms with Gasteiger partial charge in [0.25, 0.3) is 5.91 Å². The molecule has 6 heteroatoms. The highest BCUT2D eigenvalue weighted by Gasteiger charge is 2.04. The molecule has 0 aromatic carbocycles. The molecule has 0 spiro atoms. The van der Waals surface area contributed by atoms with Crippen molar-refractivity contribution in [2.24, 2.45) is 5.73 Å². The summed E-state index contributed by atoms with van der Waals surface area (Å²) < 4.78 is 0. The van der Waals surface area contributed by atoms with Crippen LogP contribution in [0.4, 0.5) is 0 Å². The standard InChI is InChI=1S/C8H10N4O2/c9-6-8(13)12(14)5-1-2-7-3-4-10-11-7/h3-4,14H,5-6,9H2,(H,10,11). The number of amides is 1. The highest BCUT2D eigenvalue weighted by atomic mass is 16.5. The fourth-order valence-electron chi connectivity index (χ4n) is 0.728.